The summed E-state index contributed by atoms with van der Waals surface area (Å²) in [6, 6.07) is 6.92. The van der Waals surface area contributed by atoms with Crippen LogP contribution in [0.15, 0.2) is 30.5 Å². The molecule has 1 saturated carbocycles. The van der Waals surface area contributed by atoms with E-state index in [4.69, 9.17) is 0 Å². The molecule has 0 spiro atoms. The Morgan fingerprint density at radius 3 is 2.62 bits per heavy atom. The van der Waals surface area contributed by atoms with Crippen molar-refractivity contribution in [1.29, 1.82) is 0 Å². The van der Waals surface area contributed by atoms with Gasteiger partial charge in [0.1, 0.15) is 6.04 Å². The van der Waals surface area contributed by atoms with Crippen LogP contribution in [0.4, 0.5) is 5.69 Å². The highest BCUT2D eigenvalue weighted by molar-refractivity contribution is 6.01. The highest BCUT2D eigenvalue weighted by Gasteiger charge is 2.38. The van der Waals surface area contributed by atoms with Crippen molar-refractivity contribution in [2.75, 3.05) is 5.32 Å². The maximum absolute atomic E-state index is 12.9. The molecule has 1 aromatic rings. The maximum Gasteiger partial charge on any atom is 0.255 e. The standard InChI is InChI=1S/C23H32N4O2/c1-14(2)24-19-6-4-5-7-20(19)26-17-9-10-18-16(12-17)13-27(23(18)29)21-11-8-15(3)25-22(21)28/h9-10,12,14,19-21,24,26H,3-8,11,13H2,1-2H3,(H,25,28)/t19-,20-,21?/m1/s1. The molecule has 2 aliphatic heterocycles. The minimum absolute atomic E-state index is 0.0452. The molecule has 2 amide bonds. The SMILES string of the molecule is C=C1CCC(N2Cc3cc(N[C@@H]4CCCC[C@H]4NC(C)C)ccc3C2=O)C(=O)N1. The van der Waals surface area contributed by atoms with Crippen LogP contribution in [0.25, 0.3) is 0 Å². The lowest BCUT2D eigenvalue weighted by Crippen LogP contribution is -2.49. The van der Waals surface area contributed by atoms with Gasteiger partial charge >= 0.3 is 0 Å². The molecule has 0 bridgehead atoms. The van der Waals surface area contributed by atoms with Gasteiger partial charge in [-0.3, -0.25) is 9.59 Å². The number of amides is 2. The van der Waals surface area contributed by atoms with E-state index in [1.54, 1.807) is 4.90 Å². The Bertz CT molecular complexity index is 819. The molecule has 1 unspecified atom stereocenters. The Morgan fingerprint density at radius 1 is 1.14 bits per heavy atom. The Balaban J connectivity index is 1.47. The van der Waals surface area contributed by atoms with Crippen LogP contribution in [0, 0.1) is 0 Å². The summed E-state index contributed by atoms with van der Waals surface area (Å²) < 4.78 is 0. The zero-order valence-corrected chi connectivity index (χ0v) is 17.5. The predicted molar refractivity (Wildman–Crippen MR) is 115 cm³/mol. The molecule has 29 heavy (non-hydrogen) atoms. The van der Waals surface area contributed by atoms with Crippen molar-refractivity contribution in [3.63, 3.8) is 0 Å². The molecule has 4 rings (SSSR count). The number of piperidine rings is 1. The van der Waals surface area contributed by atoms with E-state index in [9.17, 15) is 9.59 Å². The van der Waals surface area contributed by atoms with E-state index in [-0.39, 0.29) is 11.8 Å². The van der Waals surface area contributed by atoms with Crippen LogP contribution >= 0.6 is 0 Å². The maximum atomic E-state index is 12.9. The molecular weight excluding hydrogens is 364 g/mol. The molecule has 2 fully saturated rings. The lowest BCUT2D eigenvalue weighted by molar-refractivity contribution is -0.126. The first-order valence-corrected chi connectivity index (χ1v) is 10.9. The zero-order chi connectivity index (χ0) is 20.5. The number of carbonyl (C=O) groups is 2. The van der Waals surface area contributed by atoms with Crippen molar-refractivity contribution in [3.05, 3.63) is 41.6 Å². The highest BCUT2D eigenvalue weighted by Crippen LogP contribution is 2.31. The highest BCUT2D eigenvalue weighted by atomic mass is 16.2. The number of rotatable bonds is 5. The molecule has 0 aromatic heterocycles. The summed E-state index contributed by atoms with van der Waals surface area (Å²) in [5, 5.41) is 10.2. The summed E-state index contributed by atoms with van der Waals surface area (Å²) in [6.07, 6.45) is 6.21. The van der Waals surface area contributed by atoms with Gasteiger partial charge in [-0.25, -0.2) is 0 Å². The number of benzene rings is 1. The average Bonchev–Trinajstić information content (AvgIpc) is 2.99. The number of allylic oxidation sites excluding steroid dienone is 1. The fourth-order valence-electron chi connectivity index (χ4n) is 4.89. The van der Waals surface area contributed by atoms with E-state index in [0.717, 1.165) is 29.8 Å². The summed E-state index contributed by atoms with van der Waals surface area (Å²) in [7, 11) is 0. The molecule has 3 atom stereocenters. The van der Waals surface area contributed by atoms with Crippen molar-refractivity contribution in [2.24, 2.45) is 0 Å². The van der Waals surface area contributed by atoms with Crippen molar-refractivity contribution in [3.8, 4) is 0 Å². The second-order valence-corrected chi connectivity index (χ2v) is 8.92. The molecule has 2 heterocycles. The van der Waals surface area contributed by atoms with Crippen molar-refractivity contribution in [2.45, 2.75) is 83.1 Å². The molecule has 6 nitrogen and oxygen atoms in total. The first-order chi connectivity index (χ1) is 13.9. The molecule has 1 aromatic carbocycles. The summed E-state index contributed by atoms with van der Waals surface area (Å²) in [4.78, 5) is 27.0. The van der Waals surface area contributed by atoms with Crippen LogP contribution in [0.2, 0.25) is 0 Å². The van der Waals surface area contributed by atoms with Gasteiger partial charge in [-0.1, -0.05) is 33.3 Å². The summed E-state index contributed by atoms with van der Waals surface area (Å²) in [6.45, 7) is 8.70. The van der Waals surface area contributed by atoms with E-state index < -0.39 is 6.04 Å². The third-order valence-electron chi connectivity index (χ3n) is 6.30. The molecule has 0 radical (unpaired) electrons. The van der Waals surface area contributed by atoms with Crippen LogP contribution in [0.3, 0.4) is 0 Å². The zero-order valence-electron chi connectivity index (χ0n) is 17.5. The van der Waals surface area contributed by atoms with Gasteiger partial charge in [0.15, 0.2) is 0 Å². The van der Waals surface area contributed by atoms with Crippen LogP contribution in [-0.2, 0) is 11.3 Å². The van der Waals surface area contributed by atoms with Crippen LogP contribution in [0.5, 0.6) is 0 Å². The summed E-state index contributed by atoms with van der Waals surface area (Å²) >= 11 is 0. The fourth-order valence-corrected chi connectivity index (χ4v) is 4.89. The van der Waals surface area contributed by atoms with Gasteiger partial charge in [0.2, 0.25) is 5.91 Å². The van der Waals surface area contributed by atoms with Gasteiger partial charge in [-0.15, -0.1) is 0 Å². The van der Waals surface area contributed by atoms with Crippen molar-refractivity contribution < 1.29 is 9.59 Å². The fraction of sp³-hybridized carbons (Fsp3) is 0.565. The topological polar surface area (TPSA) is 73.5 Å². The van der Waals surface area contributed by atoms with E-state index >= 15 is 0 Å². The Hall–Kier alpha value is -2.34. The third kappa shape index (κ3) is 4.17. The smallest absolute Gasteiger partial charge is 0.255 e. The monoisotopic (exact) mass is 396 g/mol. The number of fused-ring (bicyclic) bond motifs is 1. The molecule has 3 aliphatic rings. The van der Waals surface area contributed by atoms with E-state index in [2.05, 4.69) is 42.4 Å². The lowest BCUT2D eigenvalue weighted by Gasteiger charge is -2.35. The van der Waals surface area contributed by atoms with Gasteiger partial charge in [-0.2, -0.15) is 0 Å². The van der Waals surface area contributed by atoms with Crippen molar-refractivity contribution in [1.82, 2.24) is 15.5 Å². The average molecular weight is 397 g/mol. The van der Waals surface area contributed by atoms with Gasteiger partial charge in [0.05, 0.1) is 0 Å². The Kier molecular flexibility index (Phi) is 5.63. The quantitative estimate of drug-likeness (QED) is 0.715. The molecular formula is C23H32N4O2. The van der Waals surface area contributed by atoms with E-state index in [0.29, 0.717) is 36.7 Å². The van der Waals surface area contributed by atoms with Crippen LogP contribution < -0.4 is 16.0 Å². The summed E-state index contributed by atoms with van der Waals surface area (Å²) in [5.41, 5.74) is 3.51. The number of nitrogens with zero attached hydrogens (tertiary/aromatic N) is 1. The minimum atomic E-state index is -0.408. The Morgan fingerprint density at radius 2 is 1.90 bits per heavy atom. The normalized spacial score (nSPS) is 27.2. The molecule has 3 N–H and O–H groups in total. The van der Waals surface area contributed by atoms with Gasteiger partial charge in [0.25, 0.3) is 5.91 Å². The molecule has 156 valence electrons. The third-order valence-corrected chi connectivity index (χ3v) is 6.30. The molecule has 1 saturated heterocycles. The molecule has 6 heteroatoms. The number of carbonyl (C=O) groups excluding carboxylic acids is 2. The summed E-state index contributed by atoms with van der Waals surface area (Å²) in [5.74, 6) is -0.165. The number of nitrogens with one attached hydrogen (secondary N) is 3. The number of hydrogen-bond acceptors (Lipinski definition) is 4. The predicted octanol–water partition coefficient (Wildman–Crippen LogP) is 3.16. The largest absolute Gasteiger partial charge is 0.381 e. The number of anilines is 1. The van der Waals surface area contributed by atoms with Crippen molar-refractivity contribution >= 4 is 17.5 Å². The van der Waals surface area contributed by atoms with E-state index in [1.165, 1.54) is 19.3 Å². The van der Waals surface area contributed by atoms with Gasteiger partial charge in [0, 0.05) is 41.6 Å². The second-order valence-electron chi connectivity index (χ2n) is 8.92. The first-order valence-electron chi connectivity index (χ1n) is 10.9. The van der Waals surface area contributed by atoms with Crippen LogP contribution in [0.1, 0.15) is 68.3 Å². The number of hydrogen-bond donors (Lipinski definition) is 3. The second kappa shape index (κ2) is 8.19. The Labute approximate surface area is 173 Å². The van der Waals surface area contributed by atoms with Gasteiger partial charge in [-0.05, 0) is 49.4 Å². The molecule has 1 aliphatic carbocycles. The van der Waals surface area contributed by atoms with E-state index in [1.807, 2.05) is 12.1 Å². The first kappa shape index (κ1) is 20.0. The van der Waals surface area contributed by atoms with Crippen LogP contribution in [-0.4, -0.2) is 40.9 Å². The lowest BCUT2D eigenvalue weighted by atomic mass is 9.89. The van der Waals surface area contributed by atoms with Gasteiger partial charge < -0.3 is 20.9 Å². The minimum Gasteiger partial charge on any atom is -0.381 e.